The monoisotopic (exact) mass is 461 g/mol. The summed E-state index contributed by atoms with van der Waals surface area (Å²) in [7, 11) is 0. The number of hydrogen-bond donors (Lipinski definition) is 1. The Hall–Kier alpha value is -3.06. The van der Waals surface area contributed by atoms with E-state index in [9.17, 15) is 4.79 Å². The maximum Gasteiger partial charge on any atom is 0.254 e. The van der Waals surface area contributed by atoms with E-state index in [1.807, 2.05) is 23.2 Å². The molecule has 3 aliphatic rings. The lowest BCUT2D eigenvalue weighted by Crippen LogP contribution is -2.64. The van der Waals surface area contributed by atoms with Crippen molar-refractivity contribution in [1.82, 2.24) is 14.8 Å². The van der Waals surface area contributed by atoms with Gasteiger partial charge in [-0.1, -0.05) is 31.9 Å². The zero-order chi connectivity index (χ0) is 23.5. The quantitative estimate of drug-likeness (QED) is 0.521. The standard InChI is InChI=1S/C27H35N5O2/c1-20(21-7-3-2-4-8-21)34-25-17-22(10-11-24(25)28)27(33)32-18-23(19-32)30-13-15-31(16-14-30)26-9-5-6-12-29-26/h5-6,9-12,17,21,23H,1-4,7-8,13-16,18-19,28H2. The Balaban J connectivity index is 1.13. The van der Waals surface area contributed by atoms with E-state index in [2.05, 4.69) is 27.4 Å². The average molecular weight is 462 g/mol. The number of carbonyl (C=O) groups excluding carboxylic acids is 1. The molecule has 1 aliphatic carbocycles. The minimum Gasteiger partial charge on any atom is -0.460 e. The summed E-state index contributed by atoms with van der Waals surface area (Å²) in [5, 5.41) is 0. The second kappa shape index (κ2) is 10.1. The van der Waals surface area contributed by atoms with Gasteiger partial charge in [0.05, 0.1) is 5.69 Å². The Labute approximate surface area is 202 Å². The number of hydrogen-bond acceptors (Lipinski definition) is 6. The maximum atomic E-state index is 13.1. The second-order valence-corrected chi connectivity index (χ2v) is 9.73. The van der Waals surface area contributed by atoms with Crippen LogP contribution in [0, 0.1) is 5.92 Å². The molecular formula is C27H35N5O2. The van der Waals surface area contributed by atoms with E-state index in [0.29, 0.717) is 29.0 Å². The first-order valence-corrected chi connectivity index (χ1v) is 12.5. The molecule has 34 heavy (non-hydrogen) atoms. The number of rotatable bonds is 6. The van der Waals surface area contributed by atoms with Crippen LogP contribution in [0.3, 0.4) is 0 Å². The summed E-state index contributed by atoms with van der Waals surface area (Å²) in [5.41, 5.74) is 7.32. The summed E-state index contributed by atoms with van der Waals surface area (Å²) in [6.07, 6.45) is 7.79. The number of allylic oxidation sites excluding steroid dienone is 1. The molecule has 1 saturated carbocycles. The Morgan fingerprint density at radius 3 is 2.50 bits per heavy atom. The van der Waals surface area contributed by atoms with Crippen molar-refractivity contribution in [1.29, 1.82) is 0 Å². The Bertz CT molecular complexity index is 1010. The van der Waals surface area contributed by atoms with Gasteiger partial charge in [-0.25, -0.2) is 4.98 Å². The van der Waals surface area contributed by atoms with Gasteiger partial charge in [0.15, 0.2) is 5.75 Å². The van der Waals surface area contributed by atoms with Gasteiger partial charge in [0.1, 0.15) is 11.6 Å². The van der Waals surface area contributed by atoms with Crippen molar-refractivity contribution in [2.75, 3.05) is 49.9 Å². The molecule has 2 N–H and O–H groups in total. The molecule has 2 saturated heterocycles. The van der Waals surface area contributed by atoms with Crippen LogP contribution in [0.5, 0.6) is 5.75 Å². The molecule has 3 heterocycles. The smallest absolute Gasteiger partial charge is 0.254 e. The van der Waals surface area contributed by atoms with Crippen molar-refractivity contribution in [3.05, 3.63) is 60.5 Å². The van der Waals surface area contributed by atoms with Crippen LogP contribution in [-0.4, -0.2) is 66.0 Å². The van der Waals surface area contributed by atoms with E-state index >= 15 is 0 Å². The SMILES string of the molecule is C=C(Oc1cc(C(=O)N2CC(N3CCN(c4ccccn4)CC3)C2)ccc1N)C1CCCCC1. The maximum absolute atomic E-state index is 13.1. The summed E-state index contributed by atoms with van der Waals surface area (Å²) < 4.78 is 6.06. The molecule has 0 radical (unpaired) electrons. The van der Waals surface area contributed by atoms with Crippen LogP contribution < -0.4 is 15.4 Å². The summed E-state index contributed by atoms with van der Waals surface area (Å²) in [5.74, 6) is 2.77. The molecule has 5 rings (SSSR count). The fourth-order valence-electron chi connectivity index (χ4n) is 5.30. The van der Waals surface area contributed by atoms with Gasteiger partial charge in [-0.15, -0.1) is 0 Å². The molecule has 7 heteroatoms. The first-order valence-electron chi connectivity index (χ1n) is 12.5. The number of likely N-dealkylation sites (tertiary alicyclic amines) is 1. The molecule has 2 aliphatic heterocycles. The summed E-state index contributed by atoms with van der Waals surface area (Å²) in [6, 6.07) is 11.8. The predicted molar refractivity (Wildman–Crippen MR) is 135 cm³/mol. The zero-order valence-electron chi connectivity index (χ0n) is 19.9. The van der Waals surface area contributed by atoms with Crippen LogP contribution in [0.25, 0.3) is 0 Å². The highest BCUT2D eigenvalue weighted by atomic mass is 16.5. The van der Waals surface area contributed by atoms with Crippen molar-refractivity contribution in [3.63, 3.8) is 0 Å². The van der Waals surface area contributed by atoms with Gasteiger partial charge in [-0.3, -0.25) is 9.69 Å². The lowest BCUT2D eigenvalue weighted by molar-refractivity contribution is 0.0246. The van der Waals surface area contributed by atoms with Gasteiger partial charge in [0.2, 0.25) is 0 Å². The first kappa shape index (κ1) is 22.7. The second-order valence-electron chi connectivity index (χ2n) is 9.73. The number of pyridine rings is 1. The molecule has 1 aromatic heterocycles. The molecule has 0 atom stereocenters. The van der Waals surface area contributed by atoms with Crippen LogP contribution in [0.1, 0.15) is 42.5 Å². The summed E-state index contributed by atoms with van der Waals surface area (Å²) in [6.45, 7) is 9.59. The van der Waals surface area contributed by atoms with Crippen molar-refractivity contribution < 1.29 is 9.53 Å². The van der Waals surface area contributed by atoms with Crippen LogP contribution in [0.2, 0.25) is 0 Å². The number of ether oxygens (including phenoxy) is 1. The number of nitrogens with two attached hydrogens (primary N) is 1. The van der Waals surface area contributed by atoms with Gasteiger partial charge in [-0.2, -0.15) is 0 Å². The summed E-state index contributed by atoms with van der Waals surface area (Å²) in [4.78, 5) is 24.3. The number of nitrogen functional groups attached to an aromatic ring is 1. The minimum atomic E-state index is 0.0384. The third kappa shape index (κ3) is 4.89. The van der Waals surface area contributed by atoms with E-state index < -0.39 is 0 Å². The largest absolute Gasteiger partial charge is 0.460 e. The van der Waals surface area contributed by atoms with E-state index in [4.69, 9.17) is 10.5 Å². The molecule has 0 unspecified atom stereocenters. The van der Waals surface area contributed by atoms with E-state index in [-0.39, 0.29) is 5.91 Å². The average Bonchev–Trinajstić information content (AvgIpc) is 2.86. The van der Waals surface area contributed by atoms with Crippen LogP contribution in [-0.2, 0) is 0 Å². The third-order valence-corrected chi connectivity index (χ3v) is 7.52. The number of nitrogens with zero attached hydrogens (tertiary/aromatic N) is 4. The van der Waals surface area contributed by atoms with Gasteiger partial charge >= 0.3 is 0 Å². The van der Waals surface area contributed by atoms with E-state index in [0.717, 1.165) is 63.7 Å². The highest BCUT2D eigenvalue weighted by molar-refractivity contribution is 5.95. The van der Waals surface area contributed by atoms with E-state index in [1.165, 1.54) is 19.3 Å². The Morgan fingerprint density at radius 2 is 1.79 bits per heavy atom. The Morgan fingerprint density at radius 1 is 1.03 bits per heavy atom. The molecule has 7 nitrogen and oxygen atoms in total. The predicted octanol–water partition coefficient (Wildman–Crippen LogP) is 3.78. The van der Waals surface area contributed by atoms with Gasteiger partial charge in [0, 0.05) is 63.0 Å². The van der Waals surface area contributed by atoms with E-state index in [1.54, 1.807) is 18.2 Å². The Kier molecular flexibility index (Phi) is 6.72. The molecule has 0 spiro atoms. The topological polar surface area (TPSA) is 74.9 Å². The minimum absolute atomic E-state index is 0.0384. The fraction of sp³-hybridized carbons (Fsp3) is 0.481. The van der Waals surface area contributed by atoms with Crippen molar-refractivity contribution in [3.8, 4) is 5.75 Å². The number of carbonyl (C=O) groups is 1. The first-order chi connectivity index (χ1) is 16.6. The van der Waals surface area contributed by atoms with Crippen molar-refractivity contribution in [2.45, 2.75) is 38.1 Å². The molecule has 1 amide bonds. The molecule has 1 aromatic carbocycles. The van der Waals surface area contributed by atoms with Crippen LogP contribution in [0.4, 0.5) is 11.5 Å². The highest BCUT2D eigenvalue weighted by Crippen LogP contribution is 2.33. The van der Waals surface area contributed by atoms with Gasteiger partial charge in [0.25, 0.3) is 5.91 Å². The van der Waals surface area contributed by atoms with Crippen LogP contribution in [0.15, 0.2) is 54.9 Å². The molecule has 3 fully saturated rings. The van der Waals surface area contributed by atoms with Gasteiger partial charge in [-0.05, 0) is 43.2 Å². The number of anilines is 2. The number of amides is 1. The third-order valence-electron chi connectivity index (χ3n) is 7.52. The van der Waals surface area contributed by atoms with Crippen molar-refractivity contribution in [2.24, 2.45) is 5.92 Å². The molecule has 180 valence electrons. The fourth-order valence-corrected chi connectivity index (χ4v) is 5.30. The number of benzene rings is 1. The van der Waals surface area contributed by atoms with Crippen molar-refractivity contribution >= 4 is 17.4 Å². The lowest BCUT2D eigenvalue weighted by atomic mass is 9.88. The summed E-state index contributed by atoms with van der Waals surface area (Å²) >= 11 is 0. The molecule has 0 bridgehead atoms. The zero-order valence-corrected chi connectivity index (χ0v) is 19.9. The molecule has 2 aromatic rings. The van der Waals surface area contributed by atoms with Crippen LogP contribution >= 0.6 is 0 Å². The highest BCUT2D eigenvalue weighted by Gasteiger charge is 2.36. The lowest BCUT2D eigenvalue weighted by Gasteiger charge is -2.48. The normalized spacial score (nSPS) is 20.1. The molecular weight excluding hydrogens is 426 g/mol. The van der Waals surface area contributed by atoms with Gasteiger partial charge < -0.3 is 20.3 Å². The number of piperazine rings is 1. The number of aromatic nitrogens is 1.